The molecule has 0 bridgehead atoms. The van der Waals surface area contributed by atoms with Gasteiger partial charge < -0.3 is 29.9 Å². The minimum atomic E-state index is -1.41. The minimum absolute atomic E-state index is 0.0195. The summed E-state index contributed by atoms with van der Waals surface area (Å²) in [7, 11) is -1.41. The van der Waals surface area contributed by atoms with Crippen molar-refractivity contribution in [3.8, 4) is 11.1 Å². The Kier molecular flexibility index (Phi) is 16.1. The maximum atomic E-state index is 15.4. The number of nitrogens with zero attached hydrogens (tertiary/aromatic N) is 3. The molecular weight excluding hydrogens is 821 g/mol. The molecule has 5 rings (SSSR count). The summed E-state index contributed by atoms with van der Waals surface area (Å²) in [5, 5.41) is 15.5. The first-order valence-electron chi connectivity index (χ1n) is 21.2. The Labute approximate surface area is 370 Å². The Hall–Kier alpha value is -6.28. The largest absolute Gasteiger partial charge is 0.465 e. The lowest BCUT2D eigenvalue weighted by atomic mass is 9.82. The van der Waals surface area contributed by atoms with Crippen LogP contribution in [0.25, 0.3) is 11.1 Å². The zero-order valence-electron chi connectivity index (χ0n) is 37.2. The fourth-order valence-electron chi connectivity index (χ4n) is 7.30. The Morgan fingerprint density at radius 3 is 2.08 bits per heavy atom. The first kappa shape index (κ1) is 47.8. The van der Waals surface area contributed by atoms with Crippen molar-refractivity contribution in [1.82, 2.24) is 19.7 Å². The number of carbonyl (C=O) groups excluding carboxylic acids is 3. The van der Waals surface area contributed by atoms with Crippen LogP contribution in [0.5, 0.6) is 0 Å². The van der Waals surface area contributed by atoms with E-state index in [9.17, 15) is 28.7 Å². The molecule has 3 N–H and O–H groups in total. The van der Waals surface area contributed by atoms with Crippen LogP contribution in [0.15, 0.2) is 115 Å². The van der Waals surface area contributed by atoms with Gasteiger partial charge in [0.1, 0.15) is 17.7 Å². The van der Waals surface area contributed by atoms with E-state index in [0.717, 1.165) is 40.3 Å². The van der Waals surface area contributed by atoms with Gasteiger partial charge in [0.25, 0.3) is 5.91 Å². The molecule has 0 saturated heterocycles. The molecule has 2 atom stereocenters. The number of alkyl carbamates (subject to hydrolysis) is 1. The lowest BCUT2D eigenvalue weighted by molar-refractivity contribution is -0.120. The van der Waals surface area contributed by atoms with Crippen molar-refractivity contribution in [3.05, 3.63) is 149 Å². The summed E-state index contributed by atoms with van der Waals surface area (Å²) < 4.78 is 37.3. The molecule has 11 nitrogen and oxygen atoms in total. The van der Waals surface area contributed by atoms with Gasteiger partial charge in [-0.05, 0) is 84.5 Å². The number of benzene rings is 4. The molecule has 4 amide bonds. The van der Waals surface area contributed by atoms with Gasteiger partial charge in [0.2, 0.25) is 5.91 Å². The van der Waals surface area contributed by atoms with E-state index in [4.69, 9.17) is 4.74 Å². The molecule has 0 radical (unpaired) electrons. The third-order valence-corrected chi connectivity index (χ3v) is 12.4. The van der Waals surface area contributed by atoms with Crippen molar-refractivity contribution in [2.24, 2.45) is 5.41 Å². The summed E-state index contributed by atoms with van der Waals surface area (Å²) in [6.45, 7) is 15.3. The maximum absolute atomic E-state index is 15.4. The van der Waals surface area contributed by atoms with E-state index in [1.165, 1.54) is 6.92 Å². The summed E-state index contributed by atoms with van der Waals surface area (Å²) in [5.74, 6) is -2.06. The number of ether oxygens (including phenoxy) is 1. The van der Waals surface area contributed by atoms with Crippen molar-refractivity contribution in [1.29, 1.82) is 0 Å². The van der Waals surface area contributed by atoms with E-state index in [1.54, 1.807) is 59.6 Å². The van der Waals surface area contributed by atoms with Crippen LogP contribution in [0.2, 0.25) is 25.7 Å². The highest BCUT2D eigenvalue weighted by Gasteiger charge is 2.38. The van der Waals surface area contributed by atoms with Crippen LogP contribution in [0.1, 0.15) is 67.3 Å². The van der Waals surface area contributed by atoms with Gasteiger partial charge in [0.15, 0.2) is 0 Å². The number of hydrogen-bond acceptors (Lipinski definition) is 5. The van der Waals surface area contributed by atoms with Gasteiger partial charge in [-0.25, -0.2) is 18.4 Å². The van der Waals surface area contributed by atoms with Crippen molar-refractivity contribution in [3.63, 3.8) is 0 Å². The number of aromatic nitrogens is 1. The summed E-state index contributed by atoms with van der Waals surface area (Å²) in [6.07, 6.45) is 0.369. The smallest absolute Gasteiger partial charge is 0.408 e. The van der Waals surface area contributed by atoms with Gasteiger partial charge in [-0.3, -0.25) is 14.5 Å². The van der Waals surface area contributed by atoms with Gasteiger partial charge >= 0.3 is 12.2 Å². The van der Waals surface area contributed by atoms with Crippen molar-refractivity contribution < 1.29 is 37.8 Å². The Morgan fingerprint density at radius 2 is 1.48 bits per heavy atom. The maximum Gasteiger partial charge on any atom is 0.408 e. The number of carbonyl (C=O) groups is 4. The third-order valence-electron chi connectivity index (χ3n) is 10.7. The van der Waals surface area contributed by atoms with Gasteiger partial charge in [0.05, 0.1) is 12.6 Å². The molecule has 14 heteroatoms. The highest BCUT2D eigenvalue weighted by Crippen LogP contribution is 2.42. The number of anilines is 1. The molecule has 1 aromatic heterocycles. The molecule has 0 fully saturated rings. The van der Waals surface area contributed by atoms with Crippen LogP contribution in [0, 0.1) is 17.0 Å². The Morgan fingerprint density at radius 1 is 0.841 bits per heavy atom. The van der Waals surface area contributed by atoms with Gasteiger partial charge in [0, 0.05) is 68.5 Å². The monoisotopic (exact) mass is 879 g/mol. The molecule has 334 valence electrons. The molecule has 0 aliphatic carbocycles. The van der Waals surface area contributed by atoms with Crippen molar-refractivity contribution >= 4 is 37.8 Å². The predicted molar refractivity (Wildman–Crippen MR) is 245 cm³/mol. The van der Waals surface area contributed by atoms with E-state index in [1.807, 2.05) is 67.8 Å². The molecule has 0 spiro atoms. The second-order valence-corrected chi connectivity index (χ2v) is 23.6. The normalized spacial score (nSPS) is 12.5. The average molecular weight is 880 g/mol. The lowest BCUT2D eigenvalue weighted by Crippen LogP contribution is -2.44. The fourth-order valence-corrected chi connectivity index (χ4v) is 8.02. The first-order chi connectivity index (χ1) is 29.8. The van der Waals surface area contributed by atoms with Crippen molar-refractivity contribution in [2.75, 3.05) is 25.0 Å². The Bertz CT molecular complexity index is 2330. The summed E-state index contributed by atoms with van der Waals surface area (Å²) in [4.78, 5) is 55.9. The number of halogens is 2. The van der Waals surface area contributed by atoms with E-state index in [0.29, 0.717) is 42.1 Å². The predicted octanol–water partition coefficient (Wildman–Crippen LogP) is 10.7. The number of carboxylic acid groups (broad SMARTS) is 1. The molecule has 4 aromatic carbocycles. The summed E-state index contributed by atoms with van der Waals surface area (Å²) in [6, 6.07) is 29.4. The summed E-state index contributed by atoms with van der Waals surface area (Å²) in [5.41, 5.74) is 2.97. The van der Waals surface area contributed by atoms with E-state index < -0.39 is 55.3 Å². The van der Waals surface area contributed by atoms with Crippen LogP contribution in [0.4, 0.5) is 24.1 Å². The molecule has 0 unspecified atom stereocenters. The fraction of sp³-hybridized carbons (Fsp3) is 0.347. The zero-order chi connectivity index (χ0) is 45.9. The number of nitrogens with one attached hydrogen (secondary N) is 2. The Balaban J connectivity index is 1.47. The number of hydrogen-bond donors (Lipinski definition) is 3. The van der Waals surface area contributed by atoms with Crippen molar-refractivity contribution in [2.45, 2.75) is 85.0 Å². The minimum Gasteiger partial charge on any atom is -0.465 e. The summed E-state index contributed by atoms with van der Waals surface area (Å²) >= 11 is 0. The first-order valence-corrected chi connectivity index (χ1v) is 24.9. The second kappa shape index (κ2) is 21.2. The third kappa shape index (κ3) is 13.6. The topological polar surface area (TPSA) is 133 Å². The molecule has 0 aliphatic heterocycles. The number of amides is 4. The van der Waals surface area contributed by atoms with E-state index in [2.05, 4.69) is 30.3 Å². The van der Waals surface area contributed by atoms with E-state index in [-0.39, 0.29) is 31.1 Å². The lowest BCUT2D eigenvalue weighted by Gasteiger charge is -2.41. The van der Waals surface area contributed by atoms with Gasteiger partial charge in [-0.2, -0.15) is 0 Å². The quantitative estimate of drug-likeness (QED) is 0.0593. The van der Waals surface area contributed by atoms with Crippen LogP contribution < -0.4 is 10.6 Å². The zero-order valence-corrected chi connectivity index (χ0v) is 38.2. The molecule has 5 aromatic rings. The van der Waals surface area contributed by atoms with Crippen LogP contribution >= 0.6 is 0 Å². The van der Waals surface area contributed by atoms with Gasteiger partial charge in [-0.15, -0.1) is 0 Å². The van der Waals surface area contributed by atoms with Crippen LogP contribution in [-0.4, -0.2) is 77.3 Å². The molecule has 0 aliphatic rings. The highest BCUT2D eigenvalue weighted by molar-refractivity contribution is 6.76. The number of rotatable bonds is 18. The highest BCUT2D eigenvalue weighted by atomic mass is 28.3. The van der Waals surface area contributed by atoms with E-state index >= 15 is 4.39 Å². The standard InChI is InChI=1S/C49H59F2N5O6Si/c1-34(56(48(60)61)32-36-17-12-9-13-18-36)45(57)53-40-22-19-37(20-23-40)46(58)55(26-14-25-52-47(59)62-27-28-63(5,6)7)44(49(2,3)4)43-29-38(41-30-39(50)21-24-42(41)51)33-54(43)31-35-15-10-8-11-16-35/h8-13,15-24,29-30,33-34,44H,14,25-28,31-32H2,1-7H3,(H,52,59)(H,53,57)(H,60,61)/t34-,44-/m0/s1. The van der Waals surface area contributed by atoms with Crippen LogP contribution in [0.3, 0.4) is 0 Å². The molecular formula is C49H59F2N5O6Si. The molecule has 1 heterocycles. The molecule has 63 heavy (non-hydrogen) atoms. The SMILES string of the molecule is C[C@@H](C(=O)Nc1ccc(C(=O)N(CCCNC(=O)OCC[Si](C)(C)C)[C@@H](c2cc(-c3cc(F)ccc3F)cn2Cc2ccccc2)C(C)(C)C)cc1)N(Cc1ccccc1)C(=O)O. The molecule has 0 saturated carbocycles. The second-order valence-electron chi connectivity index (χ2n) is 18.0. The van der Waals surface area contributed by atoms with Crippen LogP contribution in [-0.2, 0) is 22.6 Å². The average Bonchev–Trinajstić information content (AvgIpc) is 3.63. The van der Waals surface area contributed by atoms with Gasteiger partial charge in [-0.1, -0.05) is 101 Å².